The van der Waals surface area contributed by atoms with E-state index in [-0.39, 0.29) is 0 Å². The maximum Gasteiger partial charge on any atom is 0.0145 e. The first-order valence-corrected chi connectivity index (χ1v) is 5.29. The Bertz CT molecular complexity index is 123. The topological polar surface area (TPSA) is 15.3 Å². The molecule has 2 heterocycles. The van der Waals surface area contributed by atoms with Crippen LogP contribution in [0.25, 0.3) is 0 Å². The van der Waals surface area contributed by atoms with Gasteiger partial charge >= 0.3 is 0 Å². The van der Waals surface area contributed by atoms with Crippen molar-refractivity contribution < 1.29 is 0 Å². The molecule has 0 spiro atoms. The Balaban J connectivity index is 0.000000336. The first-order valence-electron chi connectivity index (χ1n) is 5.29. The van der Waals surface area contributed by atoms with Crippen LogP contribution in [0.15, 0.2) is 0 Å². The summed E-state index contributed by atoms with van der Waals surface area (Å²) in [6.07, 6.45) is 2.77. The van der Waals surface area contributed by atoms with Gasteiger partial charge in [0.05, 0.1) is 0 Å². The lowest BCUT2D eigenvalue weighted by Gasteiger charge is -2.29. The molecule has 12 heavy (non-hydrogen) atoms. The molecule has 0 saturated carbocycles. The van der Waals surface area contributed by atoms with Crippen LogP contribution in [0.4, 0.5) is 0 Å². The van der Waals surface area contributed by atoms with Gasteiger partial charge in [-0.2, -0.15) is 0 Å². The first kappa shape index (κ1) is 10.0. The molecule has 0 aliphatic carbocycles. The number of hydrogen-bond donors (Lipinski definition) is 1. The number of hydrogen-bond acceptors (Lipinski definition) is 2. The monoisotopic (exact) mass is 170 g/mol. The van der Waals surface area contributed by atoms with Crippen molar-refractivity contribution in [3.8, 4) is 0 Å². The van der Waals surface area contributed by atoms with Crippen molar-refractivity contribution in [2.75, 3.05) is 26.7 Å². The predicted octanol–water partition coefficient (Wildman–Crippen LogP) is 1.33. The van der Waals surface area contributed by atoms with Crippen LogP contribution in [-0.2, 0) is 0 Å². The Morgan fingerprint density at radius 1 is 1.25 bits per heavy atom. The number of nitrogens with zero attached hydrogens (tertiary/aromatic N) is 1. The van der Waals surface area contributed by atoms with E-state index < -0.39 is 0 Å². The van der Waals surface area contributed by atoms with E-state index in [1.807, 2.05) is 13.8 Å². The maximum absolute atomic E-state index is 3.45. The number of rotatable bonds is 0. The lowest BCUT2D eigenvalue weighted by atomic mass is 9.94. The Labute approximate surface area is 76.3 Å². The Morgan fingerprint density at radius 3 is 2.67 bits per heavy atom. The smallest absolute Gasteiger partial charge is 0.0145 e. The highest BCUT2D eigenvalue weighted by Crippen LogP contribution is 2.26. The molecule has 0 bridgehead atoms. The summed E-state index contributed by atoms with van der Waals surface area (Å²) in [4.78, 5) is 2.52. The zero-order chi connectivity index (χ0) is 8.97. The molecular formula is C10H22N2. The summed E-state index contributed by atoms with van der Waals surface area (Å²) in [6.45, 7) is 7.80. The minimum absolute atomic E-state index is 0.904. The fourth-order valence-corrected chi connectivity index (χ4v) is 2.32. The molecule has 0 aromatic heterocycles. The highest BCUT2D eigenvalue weighted by Gasteiger charge is 2.32. The van der Waals surface area contributed by atoms with Crippen LogP contribution < -0.4 is 5.32 Å². The average molecular weight is 170 g/mol. The third-order valence-corrected chi connectivity index (χ3v) is 2.99. The standard InChI is InChI=1S/C8H16N2.C2H6/c1-10-5-3-7-6-9-4-2-8(7)10;1-2/h7-9H,2-6H2,1H3;1-2H3. The van der Waals surface area contributed by atoms with Crippen molar-refractivity contribution in [3.63, 3.8) is 0 Å². The van der Waals surface area contributed by atoms with Crippen molar-refractivity contribution in [1.82, 2.24) is 10.2 Å². The molecule has 2 nitrogen and oxygen atoms in total. The average Bonchev–Trinajstić information content (AvgIpc) is 2.53. The molecule has 2 aliphatic heterocycles. The first-order chi connectivity index (χ1) is 5.88. The molecule has 2 rings (SSSR count). The van der Waals surface area contributed by atoms with Crippen LogP contribution in [0.2, 0.25) is 0 Å². The molecule has 2 unspecified atom stereocenters. The van der Waals surface area contributed by atoms with E-state index in [0.29, 0.717) is 0 Å². The summed E-state index contributed by atoms with van der Waals surface area (Å²) in [6, 6.07) is 0.904. The molecule has 72 valence electrons. The molecule has 2 heteroatoms. The molecule has 1 N–H and O–H groups in total. The second kappa shape index (κ2) is 4.83. The summed E-state index contributed by atoms with van der Waals surface area (Å²) in [5.74, 6) is 0.957. The number of fused-ring (bicyclic) bond motifs is 1. The number of piperidine rings is 1. The number of nitrogens with one attached hydrogen (secondary N) is 1. The molecule has 0 aromatic carbocycles. The Kier molecular flexibility index (Phi) is 4.02. The largest absolute Gasteiger partial charge is 0.316 e. The minimum Gasteiger partial charge on any atom is -0.316 e. The van der Waals surface area contributed by atoms with Gasteiger partial charge in [-0.1, -0.05) is 13.8 Å². The van der Waals surface area contributed by atoms with Crippen molar-refractivity contribution in [1.29, 1.82) is 0 Å². The van der Waals surface area contributed by atoms with Crippen LogP contribution in [0.3, 0.4) is 0 Å². The van der Waals surface area contributed by atoms with Crippen molar-refractivity contribution >= 4 is 0 Å². The lowest BCUT2D eigenvalue weighted by Crippen LogP contribution is -2.42. The van der Waals surface area contributed by atoms with E-state index in [2.05, 4.69) is 17.3 Å². The highest BCUT2D eigenvalue weighted by atomic mass is 15.2. The third kappa shape index (κ3) is 1.99. The quantitative estimate of drug-likeness (QED) is 0.590. The van der Waals surface area contributed by atoms with Crippen molar-refractivity contribution in [2.45, 2.75) is 32.7 Å². The SMILES string of the molecule is CC.CN1CCC2CNCCC21. The second-order valence-electron chi connectivity index (χ2n) is 3.59. The summed E-state index contributed by atoms with van der Waals surface area (Å²) in [5, 5.41) is 3.45. The van der Waals surface area contributed by atoms with Gasteiger partial charge < -0.3 is 10.2 Å². The summed E-state index contributed by atoms with van der Waals surface area (Å²) < 4.78 is 0. The summed E-state index contributed by atoms with van der Waals surface area (Å²) in [5.41, 5.74) is 0. The lowest BCUT2D eigenvalue weighted by molar-refractivity contribution is 0.225. The van der Waals surface area contributed by atoms with E-state index in [1.165, 1.54) is 32.5 Å². The van der Waals surface area contributed by atoms with Crippen LogP contribution in [0.1, 0.15) is 26.7 Å². The van der Waals surface area contributed by atoms with Gasteiger partial charge in [0.25, 0.3) is 0 Å². The Hall–Kier alpha value is -0.0800. The van der Waals surface area contributed by atoms with Gasteiger partial charge in [0.15, 0.2) is 0 Å². The van der Waals surface area contributed by atoms with E-state index in [9.17, 15) is 0 Å². The molecule has 0 aromatic rings. The fourth-order valence-electron chi connectivity index (χ4n) is 2.32. The van der Waals surface area contributed by atoms with Crippen LogP contribution in [-0.4, -0.2) is 37.6 Å². The Morgan fingerprint density at radius 2 is 2.00 bits per heavy atom. The molecule has 2 fully saturated rings. The van der Waals surface area contributed by atoms with Crippen molar-refractivity contribution in [2.24, 2.45) is 5.92 Å². The zero-order valence-corrected chi connectivity index (χ0v) is 8.64. The van der Waals surface area contributed by atoms with Crippen LogP contribution >= 0.6 is 0 Å². The molecule has 0 radical (unpaired) electrons. The molecule has 0 amide bonds. The number of likely N-dealkylation sites (tertiary alicyclic amines) is 1. The van der Waals surface area contributed by atoms with Gasteiger partial charge in [-0.15, -0.1) is 0 Å². The fraction of sp³-hybridized carbons (Fsp3) is 1.00. The van der Waals surface area contributed by atoms with Gasteiger partial charge in [-0.25, -0.2) is 0 Å². The zero-order valence-electron chi connectivity index (χ0n) is 8.64. The van der Waals surface area contributed by atoms with Gasteiger partial charge in [0, 0.05) is 6.04 Å². The maximum atomic E-state index is 3.45. The summed E-state index contributed by atoms with van der Waals surface area (Å²) >= 11 is 0. The summed E-state index contributed by atoms with van der Waals surface area (Å²) in [7, 11) is 2.26. The predicted molar refractivity (Wildman–Crippen MR) is 53.4 cm³/mol. The molecular weight excluding hydrogens is 148 g/mol. The van der Waals surface area contributed by atoms with Gasteiger partial charge in [-0.3, -0.25) is 0 Å². The third-order valence-electron chi connectivity index (χ3n) is 2.99. The van der Waals surface area contributed by atoms with E-state index in [0.717, 1.165) is 12.0 Å². The highest BCUT2D eigenvalue weighted by molar-refractivity contribution is 4.89. The van der Waals surface area contributed by atoms with Crippen LogP contribution in [0, 0.1) is 5.92 Å². The normalized spacial score (nSPS) is 35.2. The van der Waals surface area contributed by atoms with Crippen LogP contribution in [0.5, 0.6) is 0 Å². The van der Waals surface area contributed by atoms with Gasteiger partial charge in [0.2, 0.25) is 0 Å². The van der Waals surface area contributed by atoms with E-state index in [4.69, 9.17) is 0 Å². The van der Waals surface area contributed by atoms with Gasteiger partial charge in [-0.05, 0) is 45.4 Å². The minimum atomic E-state index is 0.904. The van der Waals surface area contributed by atoms with Crippen molar-refractivity contribution in [3.05, 3.63) is 0 Å². The molecule has 2 aliphatic rings. The van der Waals surface area contributed by atoms with E-state index >= 15 is 0 Å². The molecule has 2 saturated heterocycles. The molecule has 2 atom stereocenters. The van der Waals surface area contributed by atoms with Gasteiger partial charge in [0.1, 0.15) is 0 Å². The second-order valence-corrected chi connectivity index (χ2v) is 3.59. The van der Waals surface area contributed by atoms with E-state index in [1.54, 1.807) is 0 Å².